The molecule has 0 aromatic carbocycles. The summed E-state index contributed by atoms with van der Waals surface area (Å²) in [7, 11) is 1.80. The Labute approximate surface area is 136 Å². The molecule has 1 aliphatic carbocycles. The molecule has 0 bridgehead atoms. The Balaban J connectivity index is 1.44. The number of urea groups is 1. The minimum Gasteiger partial charge on any atom is -0.374 e. The third-order valence-electron chi connectivity index (χ3n) is 4.89. The van der Waals surface area contributed by atoms with E-state index >= 15 is 0 Å². The van der Waals surface area contributed by atoms with Crippen LogP contribution in [0.5, 0.6) is 0 Å². The number of tetrazole rings is 1. The molecular formula is C15H26N6O2. The number of ether oxygens (including phenoxy) is 1. The van der Waals surface area contributed by atoms with E-state index < -0.39 is 0 Å². The van der Waals surface area contributed by atoms with Gasteiger partial charge in [-0.15, -0.1) is 5.10 Å². The highest BCUT2D eigenvalue weighted by atomic mass is 16.5. The molecule has 2 fully saturated rings. The van der Waals surface area contributed by atoms with Crippen LogP contribution < -0.4 is 5.32 Å². The number of hydrogen-bond donors (Lipinski definition) is 1. The van der Waals surface area contributed by atoms with Crippen molar-refractivity contribution in [3.8, 4) is 0 Å². The maximum atomic E-state index is 12.3. The van der Waals surface area contributed by atoms with E-state index in [1.807, 2.05) is 4.90 Å². The summed E-state index contributed by atoms with van der Waals surface area (Å²) >= 11 is 0. The lowest BCUT2D eigenvalue weighted by Gasteiger charge is -2.38. The minimum absolute atomic E-state index is 0.00997. The number of aryl methyl sites for hydroxylation is 1. The van der Waals surface area contributed by atoms with Gasteiger partial charge in [-0.05, 0) is 29.2 Å². The molecule has 8 nitrogen and oxygen atoms in total. The van der Waals surface area contributed by atoms with Crippen molar-refractivity contribution in [2.45, 2.75) is 44.6 Å². The second-order valence-corrected chi connectivity index (χ2v) is 6.45. The fraction of sp³-hybridized carbons (Fsp3) is 0.867. The number of hydrogen-bond acceptors (Lipinski definition) is 5. The van der Waals surface area contributed by atoms with Gasteiger partial charge in [-0.3, -0.25) is 0 Å². The van der Waals surface area contributed by atoms with Gasteiger partial charge < -0.3 is 15.0 Å². The average Bonchev–Trinajstić information content (AvgIpc) is 3.01. The Morgan fingerprint density at radius 2 is 2.17 bits per heavy atom. The van der Waals surface area contributed by atoms with Crippen LogP contribution in [0.25, 0.3) is 0 Å². The van der Waals surface area contributed by atoms with Crippen LogP contribution in [-0.2, 0) is 18.2 Å². The first kappa shape index (κ1) is 16.2. The molecule has 2 heterocycles. The fourth-order valence-corrected chi connectivity index (χ4v) is 3.50. The molecule has 1 aliphatic heterocycles. The van der Waals surface area contributed by atoms with E-state index in [-0.39, 0.29) is 12.1 Å². The molecule has 1 unspecified atom stereocenters. The second-order valence-electron chi connectivity index (χ2n) is 6.45. The first-order valence-electron chi connectivity index (χ1n) is 8.59. The number of morpholine rings is 1. The van der Waals surface area contributed by atoms with Crippen molar-refractivity contribution in [3.63, 3.8) is 0 Å². The van der Waals surface area contributed by atoms with Crippen molar-refractivity contribution < 1.29 is 9.53 Å². The number of amides is 2. The number of aromatic nitrogens is 4. The number of carbonyl (C=O) groups excluding carboxylic acids is 1. The molecule has 128 valence electrons. The first-order chi connectivity index (χ1) is 11.2. The van der Waals surface area contributed by atoms with Crippen LogP contribution in [0, 0.1) is 5.92 Å². The first-order valence-corrected chi connectivity index (χ1v) is 8.59. The molecular weight excluding hydrogens is 296 g/mol. The molecule has 23 heavy (non-hydrogen) atoms. The zero-order chi connectivity index (χ0) is 16.1. The normalized spacial score (nSPS) is 23.0. The Bertz CT molecular complexity index is 514. The van der Waals surface area contributed by atoms with Gasteiger partial charge in [0, 0.05) is 33.1 Å². The third-order valence-corrected chi connectivity index (χ3v) is 4.89. The fourth-order valence-electron chi connectivity index (χ4n) is 3.50. The number of nitrogens with zero attached hydrogens (tertiary/aromatic N) is 5. The van der Waals surface area contributed by atoms with Gasteiger partial charge in [0.25, 0.3) is 0 Å². The smallest absolute Gasteiger partial charge is 0.317 e. The summed E-state index contributed by atoms with van der Waals surface area (Å²) in [5.74, 6) is 1.39. The SMILES string of the molecule is Cn1nnnc1CCNC(=O)N1CCOC(C2CCCCC2)C1. The van der Waals surface area contributed by atoms with Crippen LogP contribution in [-0.4, -0.2) is 63.5 Å². The number of rotatable bonds is 4. The van der Waals surface area contributed by atoms with E-state index in [0.717, 1.165) is 5.82 Å². The molecule has 8 heteroatoms. The van der Waals surface area contributed by atoms with Gasteiger partial charge in [0.15, 0.2) is 5.82 Å². The molecule has 2 aliphatic rings. The highest BCUT2D eigenvalue weighted by molar-refractivity contribution is 5.74. The summed E-state index contributed by atoms with van der Waals surface area (Å²) in [5, 5.41) is 14.3. The maximum Gasteiger partial charge on any atom is 0.317 e. The summed E-state index contributed by atoms with van der Waals surface area (Å²) in [5.41, 5.74) is 0. The summed E-state index contributed by atoms with van der Waals surface area (Å²) in [6.45, 7) is 2.56. The largest absolute Gasteiger partial charge is 0.374 e. The van der Waals surface area contributed by atoms with Crippen molar-refractivity contribution in [1.82, 2.24) is 30.4 Å². The molecule has 1 saturated carbocycles. The number of nitrogens with one attached hydrogen (secondary N) is 1. The average molecular weight is 322 g/mol. The Morgan fingerprint density at radius 3 is 2.91 bits per heavy atom. The Hall–Kier alpha value is -1.70. The lowest BCUT2D eigenvalue weighted by Crippen LogP contribution is -2.52. The zero-order valence-electron chi connectivity index (χ0n) is 13.8. The van der Waals surface area contributed by atoms with E-state index in [2.05, 4.69) is 20.8 Å². The summed E-state index contributed by atoms with van der Waals surface area (Å²) in [4.78, 5) is 14.2. The van der Waals surface area contributed by atoms with Gasteiger partial charge >= 0.3 is 6.03 Å². The van der Waals surface area contributed by atoms with Gasteiger partial charge in [-0.1, -0.05) is 19.3 Å². The molecule has 1 N–H and O–H groups in total. The summed E-state index contributed by atoms with van der Waals surface area (Å²) < 4.78 is 7.55. The van der Waals surface area contributed by atoms with E-state index in [1.54, 1.807) is 11.7 Å². The number of carbonyl (C=O) groups is 1. The quantitative estimate of drug-likeness (QED) is 0.884. The van der Waals surface area contributed by atoms with Gasteiger partial charge in [0.1, 0.15) is 0 Å². The van der Waals surface area contributed by atoms with E-state index in [9.17, 15) is 4.79 Å². The second kappa shape index (κ2) is 7.72. The van der Waals surface area contributed by atoms with Gasteiger partial charge in [0.05, 0.1) is 12.7 Å². The monoisotopic (exact) mass is 322 g/mol. The van der Waals surface area contributed by atoms with Crippen molar-refractivity contribution in [2.24, 2.45) is 13.0 Å². The predicted molar refractivity (Wildman–Crippen MR) is 83.8 cm³/mol. The van der Waals surface area contributed by atoms with Crippen LogP contribution in [0.4, 0.5) is 4.79 Å². The van der Waals surface area contributed by atoms with Gasteiger partial charge in [0.2, 0.25) is 0 Å². The zero-order valence-corrected chi connectivity index (χ0v) is 13.8. The highest BCUT2D eigenvalue weighted by Crippen LogP contribution is 2.29. The van der Waals surface area contributed by atoms with E-state index in [4.69, 9.17) is 4.74 Å². The van der Waals surface area contributed by atoms with Crippen molar-refractivity contribution >= 4 is 6.03 Å². The van der Waals surface area contributed by atoms with Crippen molar-refractivity contribution in [3.05, 3.63) is 5.82 Å². The highest BCUT2D eigenvalue weighted by Gasteiger charge is 2.30. The molecule has 1 aromatic heterocycles. The van der Waals surface area contributed by atoms with Crippen LogP contribution in [0.15, 0.2) is 0 Å². The molecule has 2 amide bonds. The van der Waals surface area contributed by atoms with Crippen LogP contribution >= 0.6 is 0 Å². The van der Waals surface area contributed by atoms with Crippen LogP contribution in [0.1, 0.15) is 37.9 Å². The predicted octanol–water partition coefficient (Wildman–Crippen LogP) is 0.743. The Morgan fingerprint density at radius 1 is 1.35 bits per heavy atom. The molecule has 0 spiro atoms. The van der Waals surface area contributed by atoms with E-state index in [1.165, 1.54) is 32.1 Å². The third kappa shape index (κ3) is 4.19. The molecule has 1 atom stereocenters. The summed E-state index contributed by atoms with van der Waals surface area (Å²) in [6.07, 6.45) is 7.23. The molecule has 1 aromatic rings. The summed E-state index contributed by atoms with van der Waals surface area (Å²) in [6, 6.07) is -0.00997. The van der Waals surface area contributed by atoms with Crippen LogP contribution in [0.3, 0.4) is 0 Å². The van der Waals surface area contributed by atoms with Gasteiger partial charge in [-0.2, -0.15) is 0 Å². The lowest BCUT2D eigenvalue weighted by molar-refractivity contribution is -0.0524. The maximum absolute atomic E-state index is 12.3. The van der Waals surface area contributed by atoms with Crippen molar-refractivity contribution in [2.75, 3.05) is 26.2 Å². The lowest BCUT2D eigenvalue weighted by atomic mass is 9.84. The molecule has 1 saturated heterocycles. The van der Waals surface area contributed by atoms with Crippen LogP contribution in [0.2, 0.25) is 0 Å². The Kier molecular flexibility index (Phi) is 5.43. The van der Waals surface area contributed by atoms with Crippen molar-refractivity contribution in [1.29, 1.82) is 0 Å². The molecule has 3 rings (SSSR count). The standard InChI is InChI=1S/C15H26N6O2/c1-20-14(17-18-19-20)7-8-16-15(22)21-9-10-23-13(11-21)12-5-3-2-4-6-12/h12-13H,2-11H2,1H3,(H,16,22). The van der Waals surface area contributed by atoms with E-state index in [0.29, 0.717) is 38.6 Å². The topological polar surface area (TPSA) is 85.2 Å². The van der Waals surface area contributed by atoms with Gasteiger partial charge in [-0.25, -0.2) is 9.48 Å². The minimum atomic E-state index is -0.00997. The molecule has 0 radical (unpaired) electrons.